The Labute approximate surface area is 381 Å². The standard InChI is InChI=1S/C46H54F6N5O8P/c1-9-55(42(60)45(47,48)49)36-25-38-34(22-29(36)7)44(35-23-30(8)37(26-39(35)64-38)56(10-2)43(61)46(50,51)52)33-24-31(16-17-32(33)41(59)65-44)40(58)54-19-13-11-12-14-20-62-66(63-21-15-18-53)57(27(3)4)28(5)6/h16-17,22-28H,9-15,19-21H2,1-8H3,(H,54,58). The van der Waals surface area contributed by atoms with Gasteiger partial charge in [0.15, 0.2) is 5.60 Å². The molecule has 0 saturated carbocycles. The van der Waals surface area contributed by atoms with Gasteiger partial charge in [0.05, 0.1) is 42.6 Å². The van der Waals surface area contributed by atoms with Crippen LogP contribution in [0.2, 0.25) is 0 Å². The molecule has 20 heteroatoms. The lowest BCUT2D eigenvalue weighted by Crippen LogP contribution is -2.42. The van der Waals surface area contributed by atoms with Crippen LogP contribution in [-0.2, 0) is 29.0 Å². The first-order valence-electron chi connectivity index (χ1n) is 21.7. The minimum Gasteiger partial charge on any atom is -0.456 e. The van der Waals surface area contributed by atoms with E-state index < -0.39 is 63.3 Å². The van der Waals surface area contributed by atoms with Crippen LogP contribution >= 0.6 is 8.53 Å². The first-order chi connectivity index (χ1) is 31.0. The molecule has 13 nitrogen and oxygen atoms in total. The largest absolute Gasteiger partial charge is 0.471 e. The fourth-order valence-electron chi connectivity index (χ4n) is 8.22. The minimum absolute atomic E-state index is 0.0323. The molecular formula is C46H54F6N5O8P. The van der Waals surface area contributed by atoms with Crippen molar-refractivity contribution in [3.05, 3.63) is 81.4 Å². The van der Waals surface area contributed by atoms with Crippen LogP contribution in [0.25, 0.3) is 0 Å². The van der Waals surface area contributed by atoms with Crippen molar-refractivity contribution in [2.24, 2.45) is 0 Å². The Morgan fingerprint density at radius 1 is 0.773 bits per heavy atom. The van der Waals surface area contributed by atoms with E-state index in [0.717, 1.165) is 31.4 Å². The summed E-state index contributed by atoms with van der Waals surface area (Å²) in [6.07, 6.45) is -7.32. The van der Waals surface area contributed by atoms with E-state index in [9.17, 15) is 45.5 Å². The number of alkyl halides is 6. The molecule has 1 atom stereocenters. The van der Waals surface area contributed by atoms with Gasteiger partial charge < -0.3 is 33.6 Å². The number of nitrogens with one attached hydrogen (secondary N) is 1. The third kappa shape index (κ3) is 10.8. The molecule has 358 valence electrons. The Morgan fingerprint density at radius 3 is 1.77 bits per heavy atom. The van der Waals surface area contributed by atoms with Crippen LogP contribution in [0.1, 0.15) is 122 Å². The van der Waals surface area contributed by atoms with Gasteiger partial charge >= 0.3 is 30.1 Å². The number of benzene rings is 3. The minimum atomic E-state index is -5.25. The van der Waals surface area contributed by atoms with Gasteiger partial charge in [-0.05, 0) is 110 Å². The molecule has 0 bridgehead atoms. The molecule has 66 heavy (non-hydrogen) atoms. The second-order valence-corrected chi connectivity index (χ2v) is 17.8. The zero-order valence-electron chi connectivity index (χ0n) is 38.0. The van der Waals surface area contributed by atoms with Crippen molar-refractivity contribution in [2.45, 2.75) is 118 Å². The summed E-state index contributed by atoms with van der Waals surface area (Å²) in [5.41, 5.74) is -1.54. The maximum Gasteiger partial charge on any atom is 0.471 e. The molecule has 2 aliphatic heterocycles. The van der Waals surface area contributed by atoms with Crippen molar-refractivity contribution >= 4 is 43.6 Å². The Morgan fingerprint density at radius 2 is 1.29 bits per heavy atom. The SMILES string of the molecule is CCN(C(=O)C(F)(F)F)c1cc2c(cc1C)C1(OC(=O)c3ccc(C(=O)NCCCCCCOP(OCCC#N)N(C(C)C)C(C)C)cc31)c1cc(C)c(N(CC)C(=O)C(F)(F)F)cc1O2. The number of fused-ring (bicyclic) bond motifs is 6. The van der Waals surface area contributed by atoms with E-state index in [1.165, 1.54) is 58.0 Å². The lowest BCUT2D eigenvalue weighted by molar-refractivity contribution is -0.170. The molecule has 0 aromatic heterocycles. The topological polar surface area (TPSA) is 151 Å². The van der Waals surface area contributed by atoms with E-state index in [0.29, 0.717) is 29.4 Å². The smallest absolute Gasteiger partial charge is 0.456 e. The number of ether oxygens (including phenoxy) is 2. The van der Waals surface area contributed by atoms with Crippen LogP contribution < -0.4 is 19.9 Å². The second-order valence-electron chi connectivity index (χ2n) is 16.3. The number of anilines is 2. The van der Waals surface area contributed by atoms with E-state index in [1.807, 2.05) is 0 Å². The van der Waals surface area contributed by atoms with E-state index in [2.05, 4.69) is 43.8 Å². The molecule has 3 amide bonds. The highest BCUT2D eigenvalue weighted by atomic mass is 31.2. The number of hydrogen-bond donors (Lipinski definition) is 1. The van der Waals surface area contributed by atoms with Crippen molar-refractivity contribution in [1.82, 2.24) is 9.99 Å². The molecular weight excluding hydrogens is 895 g/mol. The first-order valence-corrected chi connectivity index (χ1v) is 22.8. The summed E-state index contributed by atoms with van der Waals surface area (Å²) in [7, 11) is -1.36. The number of rotatable bonds is 19. The number of hydrogen-bond acceptors (Lipinski definition) is 10. The van der Waals surface area contributed by atoms with Crippen molar-refractivity contribution in [1.29, 1.82) is 5.26 Å². The molecule has 5 rings (SSSR count). The predicted octanol–water partition coefficient (Wildman–Crippen LogP) is 10.3. The number of esters is 1. The molecule has 0 saturated heterocycles. The summed E-state index contributed by atoms with van der Waals surface area (Å²) in [5, 5.41) is 11.9. The molecule has 0 radical (unpaired) electrons. The van der Waals surface area contributed by atoms with Gasteiger partial charge in [-0.3, -0.25) is 14.4 Å². The van der Waals surface area contributed by atoms with Crippen LogP contribution in [0.3, 0.4) is 0 Å². The maximum absolute atomic E-state index is 13.8. The van der Waals surface area contributed by atoms with Gasteiger partial charge in [-0.25, -0.2) is 9.46 Å². The summed E-state index contributed by atoms with van der Waals surface area (Å²) < 4.78 is 109. The lowest BCUT2D eigenvalue weighted by Gasteiger charge is -2.38. The quantitative estimate of drug-likeness (QED) is 0.0532. The van der Waals surface area contributed by atoms with Crippen molar-refractivity contribution in [3.63, 3.8) is 0 Å². The van der Waals surface area contributed by atoms with E-state index in [1.54, 1.807) is 0 Å². The zero-order valence-corrected chi connectivity index (χ0v) is 38.9. The molecule has 1 N–H and O–H groups in total. The Hall–Kier alpha value is -5.28. The predicted molar refractivity (Wildman–Crippen MR) is 234 cm³/mol. The van der Waals surface area contributed by atoms with E-state index in [4.69, 9.17) is 23.8 Å². The summed E-state index contributed by atoms with van der Waals surface area (Å²) in [6, 6.07) is 11.8. The highest BCUT2D eigenvalue weighted by molar-refractivity contribution is 7.44. The molecule has 0 fully saturated rings. The number of nitrogens with zero attached hydrogens (tertiary/aromatic N) is 4. The van der Waals surface area contributed by atoms with Crippen molar-refractivity contribution in [3.8, 4) is 17.6 Å². The zero-order chi connectivity index (χ0) is 48.9. The first kappa shape index (κ1) is 51.7. The summed E-state index contributed by atoms with van der Waals surface area (Å²) in [4.78, 5) is 53.7. The number of amides is 3. The second kappa shape index (κ2) is 21.1. The van der Waals surface area contributed by atoms with Gasteiger partial charge in [0.1, 0.15) is 11.5 Å². The van der Waals surface area contributed by atoms with E-state index >= 15 is 0 Å². The monoisotopic (exact) mass is 949 g/mol. The number of carbonyl (C=O) groups excluding carboxylic acids is 4. The molecule has 3 aromatic carbocycles. The normalized spacial score (nSPS) is 14.3. The number of carbonyl (C=O) groups is 4. The molecule has 0 aliphatic carbocycles. The summed E-state index contributed by atoms with van der Waals surface area (Å²) >= 11 is 0. The van der Waals surface area contributed by atoms with Gasteiger partial charge in [0, 0.05) is 66.1 Å². The fraction of sp³-hybridized carbons (Fsp3) is 0.500. The molecule has 3 aromatic rings. The number of unbranched alkanes of at least 4 members (excludes halogenated alkanes) is 3. The molecule has 2 heterocycles. The van der Waals surface area contributed by atoms with Gasteiger partial charge in [0.25, 0.3) is 14.4 Å². The highest BCUT2D eigenvalue weighted by Gasteiger charge is 2.55. The summed E-state index contributed by atoms with van der Waals surface area (Å²) in [6.45, 7) is 14.0. The third-order valence-electron chi connectivity index (χ3n) is 11.1. The average Bonchev–Trinajstić information content (AvgIpc) is 3.53. The Balaban J connectivity index is 1.44. The maximum atomic E-state index is 13.8. The number of nitriles is 1. The molecule has 1 spiro atoms. The lowest BCUT2D eigenvalue weighted by atomic mass is 9.76. The number of aryl methyl sites for hydroxylation is 2. The van der Waals surface area contributed by atoms with Crippen LogP contribution in [0.5, 0.6) is 11.5 Å². The molecule has 1 unspecified atom stereocenters. The van der Waals surface area contributed by atoms with Gasteiger partial charge in [-0.2, -0.15) is 31.6 Å². The van der Waals surface area contributed by atoms with Crippen LogP contribution in [0.15, 0.2) is 42.5 Å². The Bertz CT molecular complexity index is 2250. The van der Waals surface area contributed by atoms with E-state index in [-0.39, 0.29) is 86.9 Å². The average molecular weight is 950 g/mol. The number of halogens is 6. The molecule has 2 aliphatic rings. The van der Waals surface area contributed by atoms with Crippen LogP contribution in [-0.4, -0.2) is 85.6 Å². The highest BCUT2D eigenvalue weighted by Crippen LogP contribution is 2.58. The van der Waals surface area contributed by atoms with Gasteiger partial charge in [-0.15, -0.1) is 0 Å². The Kier molecular flexibility index (Phi) is 16.6. The summed E-state index contributed by atoms with van der Waals surface area (Å²) in [5.74, 6) is -6.04. The van der Waals surface area contributed by atoms with Crippen molar-refractivity contribution < 1.29 is 64.0 Å². The van der Waals surface area contributed by atoms with Crippen LogP contribution in [0, 0.1) is 25.2 Å². The third-order valence-corrected chi connectivity index (χ3v) is 13.2. The van der Waals surface area contributed by atoms with Crippen molar-refractivity contribution in [2.75, 3.05) is 42.6 Å². The van der Waals surface area contributed by atoms with Gasteiger partial charge in [-0.1, -0.05) is 12.8 Å². The van der Waals surface area contributed by atoms with Crippen LogP contribution in [0.4, 0.5) is 37.7 Å². The fourth-order valence-corrected chi connectivity index (χ4v) is 9.84. The van der Waals surface area contributed by atoms with Gasteiger partial charge in [0.2, 0.25) is 0 Å².